The molecule has 0 amide bonds. The Morgan fingerprint density at radius 1 is 1.33 bits per heavy atom. The van der Waals surface area contributed by atoms with Gasteiger partial charge in [0.05, 0.1) is 6.07 Å². The fraction of sp³-hybridized carbons (Fsp3) is 0.900. The minimum Gasteiger partial charge on any atom is -0.286 e. The molecular weight excluding hydrogens is 148 g/mol. The van der Waals surface area contributed by atoms with E-state index in [0.717, 1.165) is 12.8 Å². The topological polar surface area (TPSA) is 27.0 Å². The zero-order chi connectivity index (χ0) is 8.60. The molecule has 2 nitrogen and oxygen atoms in total. The number of rotatable bonds is 2. The van der Waals surface area contributed by atoms with Crippen LogP contribution in [0.25, 0.3) is 0 Å². The average Bonchev–Trinajstić information content (AvgIpc) is 2.71. The summed E-state index contributed by atoms with van der Waals surface area (Å²) in [5.41, 5.74) is -0.0466. The van der Waals surface area contributed by atoms with Gasteiger partial charge in [-0.25, -0.2) is 0 Å². The van der Waals surface area contributed by atoms with Crippen LogP contribution >= 0.6 is 0 Å². The van der Waals surface area contributed by atoms with Gasteiger partial charge in [-0.2, -0.15) is 5.26 Å². The first-order valence-corrected chi connectivity index (χ1v) is 4.93. The number of nitriles is 1. The van der Waals surface area contributed by atoms with Crippen molar-refractivity contribution in [3.05, 3.63) is 0 Å². The van der Waals surface area contributed by atoms with Crippen molar-refractivity contribution in [3.8, 4) is 6.07 Å². The van der Waals surface area contributed by atoms with Crippen LogP contribution in [0.15, 0.2) is 0 Å². The number of hydrogen-bond donors (Lipinski definition) is 0. The van der Waals surface area contributed by atoms with E-state index in [9.17, 15) is 0 Å². The van der Waals surface area contributed by atoms with E-state index < -0.39 is 0 Å². The summed E-state index contributed by atoms with van der Waals surface area (Å²) in [7, 11) is 2.13. The van der Waals surface area contributed by atoms with Crippen LogP contribution < -0.4 is 0 Å². The maximum Gasteiger partial charge on any atom is 0.109 e. The molecule has 2 rings (SSSR count). The van der Waals surface area contributed by atoms with Crippen LogP contribution in [0.5, 0.6) is 0 Å². The first kappa shape index (κ1) is 8.07. The van der Waals surface area contributed by atoms with E-state index in [1.54, 1.807) is 0 Å². The molecule has 0 unspecified atom stereocenters. The van der Waals surface area contributed by atoms with Gasteiger partial charge in [0.15, 0.2) is 0 Å². The Kier molecular flexibility index (Phi) is 1.84. The van der Waals surface area contributed by atoms with Crippen molar-refractivity contribution >= 4 is 0 Å². The molecule has 12 heavy (non-hydrogen) atoms. The molecule has 2 heteroatoms. The Hall–Kier alpha value is -0.550. The van der Waals surface area contributed by atoms with Crippen molar-refractivity contribution in [1.82, 2.24) is 4.90 Å². The second-order valence-electron chi connectivity index (χ2n) is 4.19. The van der Waals surface area contributed by atoms with Crippen LogP contribution in [-0.4, -0.2) is 23.5 Å². The predicted molar refractivity (Wildman–Crippen MR) is 47.6 cm³/mol. The fourth-order valence-corrected chi connectivity index (χ4v) is 2.30. The van der Waals surface area contributed by atoms with Crippen molar-refractivity contribution in [2.45, 2.75) is 50.1 Å². The highest BCUT2D eigenvalue weighted by molar-refractivity contribution is 5.19. The fourth-order valence-electron chi connectivity index (χ4n) is 2.30. The Morgan fingerprint density at radius 3 is 2.33 bits per heavy atom. The Labute approximate surface area is 74.2 Å². The predicted octanol–water partition coefficient (Wildman–Crippen LogP) is 1.92. The van der Waals surface area contributed by atoms with Gasteiger partial charge in [0.1, 0.15) is 5.54 Å². The SMILES string of the molecule is CN(C1CCCC1)C1(C#N)CC1. The van der Waals surface area contributed by atoms with Gasteiger partial charge in [0.2, 0.25) is 0 Å². The van der Waals surface area contributed by atoms with E-state index in [-0.39, 0.29) is 5.54 Å². The highest BCUT2D eigenvalue weighted by Crippen LogP contribution is 2.43. The lowest BCUT2D eigenvalue weighted by Crippen LogP contribution is -2.39. The summed E-state index contributed by atoms with van der Waals surface area (Å²) in [6.45, 7) is 0. The second-order valence-corrected chi connectivity index (χ2v) is 4.19. The standard InChI is InChI=1S/C10H16N2/c1-12(9-4-2-3-5-9)10(8-11)6-7-10/h9H,2-7H2,1H3. The summed E-state index contributed by atoms with van der Waals surface area (Å²) >= 11 is 0. The molecule has 2 saturated carbocycles. The molecule has 0 aliphatic heterocycles. The highest BCUT2D eigenvalue weighted by Gasteiger charge is 2.49. The van der Waals surface area contributed by atoms with E-state index in [2.05, 4.69) is 18.0 Å². The molecule has 0 aromatic rings. The van der Waals surface area contributed by atoms with Gasteiger partial charge in [0, 0.05) is 6.04 Å². The smallest absolute Gasteiger partial charge is 0.109 e. The van der Waals surface area contributed by atoms with Crippen molar-refractivity contribution in [1.29, 1.82) is 5.26 Å². The van der Waals surface area contributed by atoms with Crippen LogP contribution in [0.3, 0.4) is 0 Å². The minimum atomic E-state index is -0.0466. The maximum absolute atomic E-state index is 9.00. The molecule has 0 bridgehead atoms. The molecule has 0 aromatic carbocycles. The average molecular weight is 164 g/mol. The second kappa shape index (κ2) is 2.74. The summed E-state index contributed by atoms with van der Waals surface area (Å²) in [4.78, 5) is 2.33. The van der Waals surface area contributed by atoms with Gasteiger partial charge >= 0.3 is 0 Å². The van der Waals surface area contributed by atoms with E-state index in [1.807, 2.05) is 0 Å². The van der Waals surface area contributed by atoms with E-state index in [4.69, 9.17) is 5.26 Å². The molecule has 0 saturated heterocycles. The highest BCUT2D eigenvalue weighted by atomic mass is 15.2. The number of nitrogens with zero attached hydrogens (tertiary/aromatic N) is 2. The third kappa shape index (κ3) is 1.13. The van der Waals surface area contributed by atoms with Gasteiger partial charge in [-0.1, -0.05) is 12.8 Å². The van der Waals surface area contributed by atoms with Crippen LogP contribution in [0.4, 0.5) is 0 Å². The largest absolute Gasteiger partial charge is 0.286 e. The lowest BCUT2D eigenvalue weighted by Gasteiger charge is -2.28. The van der Waals surface area contributed by atoms with Crippen LogP contribution in [0.1, 0.15) is 38.5 Å². The quantitative estimate of drug-likeness (QED) is 0.623. The van der Waals surface area contributed by atoms with Gasteiger partial charge in [-0.05, 0) is 32.7 Å². The van der Waals surface area contributed by atoms with Gasteiger partial charge in [-0.15, -0.1) is 0 Å². The molecular formula is C10H16N2. The third-order valence-electron chi connectivity index (χ3n) is 3.48. The van der Waals surface area contributed by atoms with Gasteiger partial charge < -0.3 is 0 Å². The molecule has 0 spiro atoms. The molecule has 2 aliphatic rings. The first-order valence-electron chi connectivity index (χ1n) is 4.93. The Balaban J connectivity index is 2.00. The van der Waals surface area contributed by atoms with Crippen LogP contribution in [-0.2, 0) is 0 Å². The zero-order valence-corrected chi connectivity index (χ0v) is 7.71. The third-order valence-corrected chi connectivity index (χ3v) is 3.48. The van der Waals surface area contributed by atoms with E-state index in [1.165, 1.54) is 25.7 Å². The summed E-state index contributed by atoms with van der Waals surface area (Å²) in [5.74, 6) is 0. The summed E-state index contributed by atoms with van der Waals surface area (Å²) < 4.78 is 0. The van der Waals surface area contributed by atoms with E-state index >= 15 is 0 Å². The van der Waals surface area contributed by atoms with Crippen molar-refractivity contribution in [2.75, 3.05) is 7.05 Å². The van der Waals surface area contributed by atoms with Gasteiger partial charge in [0.25, 0.3) is 0 Å². The zero-order valence-electron chi connectivity index (χ0n) is 7.71. The minimum absolute atomic E-state index is 0.0466. The van der Waals surface area contributed by atoms with E-state index in [0.29, 0.717) is 6.04 Å². The molecule has 0 atom stereocenters. The molecule has 2 aliphatic carbocycles. The van der Waals surface area contributed by atoms with Crippen LogP contribution in [0, 0.1) is 11.3 Å². The lowest BCUT2D eigenvalue weighted by molar-refractivity contribution is 0.194. The molecule has 0 radical (unpaired) electrons. The normalized spacial score (nSPS) is 27.4. The number of hydrogen-bond acceptors (Lipinski definition) is 2. The molecule has 66 valence electrons. The van der Waals surface area contributed by atoms with Crippen molar-refractivity contribution in [2.24, 2.45) is 0 Å². The Morgan fingerprint density at radius 2 is 1.92 bits per heavy atom. The van der Waals surface area contributed by atoms with Gasteiger partial charge in [-0.3, -0.25) is 4.90 Å². The summed E-state index contributed by atoms with van der Waals surface area (Å²) in [6, 6.07) is 3.16. The molecule has 2 fully saturated rings. The van der Waals surface area contributed by atoms with Crippen molar-refractivity contribution in [3.63, 3.8) is 0 Å². The first-order chi connectivity index (χ1) is 5.78. The molecule has 0 heterocycles. The van der Waals surface area contributed by atoms with Crippen molar-refractivity contribution < 1.29 is 0 Å². The van der Waals surface area contributed by atoms with Crippen LogP contribution in [0.2, 0.25) is 0 Å². The maximum atomic E-state index is 9.00. The summed E-state index contributed by atoms with van der Waals surface area (Å²) in [5, 5.41) is 9.00. The summed E-state index contributed by atoms with van der Waals surface area (Å²) in [6.07, 6.45) is 7.51. The molecule has 0 N–H and O–H groups in total. The lowest BCUT2D eigenvalue weighted by atomic mass is 10.1. The monoisotopic (exact) mass is 164 g/mol. The Bertz CT molecular complexity index is 206. The molecule has 0 aromatic heterocycles.